The highest BCUT2D eigenvalue weighted by atomic mass is 16.5. The summed E-state index contributed by atoms with van der Waals surface area (Å²) in [6.07, 6.45) is 1.34. The van der Waals surface area contributed by atoms with E-state index in [4.69, 9.17) is 15.3 Å². The quantitative estimate of drug-likeness (QED) is 0.837. The lowest BCUT2D eigenvalue weighted by molar-refractivity contribution is -0.125. The molecule has 2 rings (SSSR count). The van der Waals surface area contributed by atoms with Gasteiger partial charge in [0, 0.05) is 24.1 Å². The van der Waals surface area contributed by atoms with Crippen LogP contribution in [-0.2, 0) is 9.53 Å². The van der Waals surface area contributed by atoms with Crippen LogP contribution in [0.1, 0.15) is 0 Å². The Morgan fingerprint density at radius 3 is 2.60 bits per heavy atom. The molecule has 0 spiro atoms. The molecule has 0 aromatic heterocycles. The fraction of sp³-hybridized carbons (Fsp3) is 0.214. The Labute approximate surface area is 116 Å². The number of carbonyl (C=O) groups excluding carboxylic acids is 1. The van der Waals surface area contributed by atoms with Gasteiger partial charge in [-0.15, -0.1) is 0 Å². The summed E-state index contributed by atoms with van der Waals surface area (Å²) in [5, 5.41) is 20.1. The maximum atomic E-state index is 11.7. The van der Waals surface area contributed by atoms with Gasteiger partial charge in [-0.05, 0) is 24.3 Å². The molecule has 1 N–H and O–H groups in total. The molecule has 0 radical (unpaired) electrons. The van der Waals surface area contributed by atoms with Crippen LogP contribution in [0.3, 0.4) is 0 Å². The van der Waals surface area contributed by atoms with E-state index in [1.807, 2.05) is 0 Å². The summed E-state index contributed by atoms with van der Waals surface area (Å²) in [6, 6.07) is 10.7. The normalized spacial score (nSPS) is 14.1. The predicted octanol–water partition coefficient (Wildman–Crippen LogP) is 1.39. The molecule has 1 aromatic rings. The molecule has 0 bridgehead atoms. The monoisotopic (exact) mass is 268 g/mol. The van der Waals surface area contributed by atoms with E-state index < -0.39 is 0 Å². The molecular weight excluding hydrogens is 256 g/mol. The highest BCUT2D eigenvalue weighted by Gasteiger charge is 2.19. The third-order valence-electron chi connectivity index (χ3n) is 2.79. The average molecular weight is 268 g/mol. The molecule has 1 fully saturated rings. The topological polar surface area (TPSA) is 89.2 Å². The minimum absolute atomic E-state index is 0.00238. The zero-order valence-corrected chi connectivity index (χ0v) is 10.7. The minimum Gasteiger partial charge on any atom is -0.370 e. The standard InChI is InChI=1S/C14H12N4O2/c15-7-11(8-16)9-17-12-1-3-13(4-2-12)18-5-6-20-10-14(18)19/h1-4,9,17H,5-6,10H2. The second-order valence-corrected chi connectivity index (χ2v) is 4.07. The van der Waals surface area contributed by atoms with Gasteiger partial charge in [0.05, 0.1) is 6.61 Å². The number of benzene rings is 1. The van der Waals surface area contributed by atoms with E-state index in [1.165, 1.54) is 6.20 Å². The number of nitrogens with one attached hydrogen (secondary N) is 1. The van der Waals surface area contributed by atoms with Crippen molar-refractivity contribution in [1.29, 1.82) is 10.5 Å². The van der Waals surface area contributed by atoms with Gasteiger partial charge in [0.15, 0.2) is 0 Å². The van der Waals surface area contributed by atoms with E-state index in [-0.39, 0.29) is 18.1 Å². The van der Waals surface area contributed by atoms with Crippen molar-refractivity contribution >= 4 is 17.3 Å². The molecule has 1 aliphatic heterocycles. The summed E-state index contributed by atoms with van der Waals surface area (Å²) in [4.78, 5) is 13.3. The van der Waals surface area contributed by atoms with Gasteiger partial charge in [0.2, 0.25) is 0 Å². The first kappa shape index (κ1) is 13.6. The van der Waals surface area contributed by atoms with Crippen LogP contribution >= 0.6 is 0 Å². The number of nitriles is 2. The molecule has 0 aliphatic carbocycles. The van der Waals surface area contributed by atoms with Crippen molar-refractivity contribution in [1.82, 2.24) is 0 Å². The van der Waals surface area contributed by atoms with E-state index in [0.29, 0.717) is 13.2 Å². The maximum absolute atomic E-state index is 11.7. The summed E-state index contributed by atoms with van der Waals surface area (Å²) in [5.41, 5.74) is 1.53. The van der Waals surface area contributed by atoms with Gasteiger partial charge in [-0.3, -0.25) is 4.79 Å². The SMILES string of the molecule is N#CC(C#N)=CNc1ccc(N2CCOCC2=O)cc1. The number of anilines is 2. The van der Waals surface area contributed by atoms with Crippen LogP contribution in [0.4, 0.5) is 11.4 Å². The molecule has 20 heavy (non-hydrogen) atoms. The van der Waals surface area contributed by atoms with E-state index in [2.05, 4.69) is 5.32 Å². The van der Waals surface area contributed by atoms with Gasteiger partial charge >= 0.3 is 0 Å². The van der Waals surface area contributed by atoms with E-state index in [9.17, 15) is 4.79 Å². The van der Waals surface area contributed by atoms with Gasteiger partial charge in [-0.1, -0.05) is 0 Å². The number of nitrogens with zero attached hydrogens (tertiary/aromatic N) is 3. The zero-order chi connectivity index (χ0) is 14.4. The minimum atomic E-state index is -0.0619. The van der Waals surface area contributed by atoms with Crippen molar-refractivity contribution in [3.05, 3.63) is 36.0 Å². The second-order valence-electron chi connectivity index (χ2n) is 4.07. The maximum Gasteiger partial charge on any atom is 0.253 e. The largest absolute Gasteiger partial charge is 0.370 e. The Morgan fingerprint density at radius 1 is 1.30 bits per heavy atom. The number of hydrogen-bond donors (Lipinski definition) is 1. The molecule has 100 valence electrons. The second kappa shape index (κ2) is 6.37. The van der Waals surface area contributed by atoms with Crippen LogP contribution in [-0.4, -0.2) is 25.7 Å². The van der Waals surface area contributed by atoms with Gasteiger partial charge < -0.3 is 15.0 Å². The van der Waals surface area contributed by atoms with Crippen molar-refractivity contribution < 1.29 is 9.53 Å². The first-order valence-electron chi connectivity index (χ1n) is 5.99. The molecule has 1 amide bonds. The Hall–Kier alpha value is -2.83. The Balaban J connectivity index is 2.07. The van der Waals surface area contributed by atoms with Crippen LogP contribution in [0.5, 0.6) is 0 Å². The summed E-state index contributed by atoms with van der Waals surface area (Å²) < 4.78 is 5.07. The summed E-state index contributed by atoms with van der Waals surface area (Å²) in [5.74, 6) is -0.0619. The van der Waals surface area contributed by atoms with Crippen molar-refractivity contribution in [2.75, 3.05) is 30.0 Å². The first-order chi connectivity index (χ1) is 9.74. The zero-order valence-electron chi connectivity index (χ0n) is 10.7. The number of amides is 1. The Morgan fingerprint density at radius 2 is 2.00 bits per heavy atom. The molecular formula is C14H12N4O2. The highest BCUT2D eigenvalue weighted by molar-refractivity contribution is 5.95. The smallest absolute Gasteiger partial charge is 0.253 e. The molecule has 0 unspecified atom stereocenters. The van der Waals surface area contributed by atoms with Crippen molar-refractivity contribution in [3.8, 4) is 12.1 Å². The molecule has 1 aromatic carbocycles. The van der Waals surface area contributed by atoms with Gasteiger partial charge in [0.25, 0.3) is 5.91 Å². The molecule has 6 heteroatoms. The summed E-state index contributed by atoms with van der Waals surface area (Å²) in [7, 11) is 0. The lowest BCUT2D eigenvalue weighted by Crippen LogP contribution is -2.41. The molecule has 1 heterocycles. The van der Waals surface area contributed by atoms with E-state index in [1.54, 1.807) is 41.3 Å². The number of rotatable bonds is 3. The van der Waals surface area contributed by atoms with Crippen LogP contribution in [0.2, 0.25) is 0 Å². The van der Waals surface area contributed by atoms with E-state index >= 15 is 0 Å². The van der Waals surface area contributed by atoms with Crippen LogP contribution in [0, 0.1) is 22.7 Å². The fourth-order valence-corrected chi connectivity index (χ4v) is 1.77. The lowest BCUT2D eigenvalue weighted by atomic mass is 10.2. The third kappa shape index (κ3) is 3.14. The predicted molar refractivity (Wildman–Crippen MR) is 72.5 cm³/mol. The molecule has 0 atom stereocenters. The van der Waals surface area contributed by atoms with Crippen molar-refractivity contribution in [3.63, 3.8) is 0 Å². The highest BCUT2D eigenvalue weighted by Crippen LogP contribution is 2.19. The van der Waals surface area contributed by atoms with Crippen LogP contribution in [0.15, 0.2) is 36.0 Å². The molecule has 1 saturated heterocycles. The van der Waals surface area contributed by atoms with Gasteiger partial charge in [0.1, 0.15) is 24.3 Å². The van der Waals surface area contributed by atoms with Crippen LogP contribution in [0.25, 0.3) is 0 Å². The number of ether oxygens (including phenoxy) is 1. The molecule has 1 aliphatic rings. The first-order valence-corrected chi connectivity index (χ1v) is 5.99. The van der Waals surface area contributed by atoms with Crippen LogP contribution < -0.4 is 10.2 Å². The Bertz CT molecular complexity index is 592. The van der Waals surface area contributed by atoms with Crippen molar-refractivity contribution in [2.45, 2.75) is 0 Å². The van der Waals surface area contributed by atoms with Crippen molar-refractivity contribution in [2.24, 2.45) is 0 Å². The molecule has 0 saturated carbocycles. The number of hydrogen-bond acceptors (Lipinski definition) is 5. The third-order valence-corrected chi connectivity index (χ3v) is 2.79. The Kier molecular flexibility index (Phi) is 4.33. The van der Waals surface area contributed by atoms with Gasteiger partial charge in [-0.2, -0.15) is 10.5 Å². The fourth-order valence-electron chi connectivity index (χ4n) is 1.77. The van der Waals surface area contributed by atoms with E-state index in [0.717, 1.165) is 11.4 Å². The number of carbonyl (C=O) groups is 1. The van der Waals surface area contributed by atoms with Gasteiger partial charge in [-0.25, -0.2) is 0 Å². The summed E-state index contributed by atoms with van der Waals surface area (Å²) in [6.45, 7) is 1.18. The lowest BCUT2D eigenvalue weighted by Gasteiger charge is -2.26. The summed E-state index contributed by atoms with van der Waals surface area (Å²) >= 11 is 0. The number of allylic oxidation sites excluding steroid dienone is 1. The number of morpholine rings is 1. The molecule has 6 nitrogen and oxygen atoms in total. The average Bonchev–Trinajstić information content (AvgIpc) is 2.49.